The lowest BCUT2D eigenvalue weighted by Crippen LogP contribution is -2.43. The molecule has 0 saturated carbocycles. The third kappa shape index (κ3) is 4.86. The summed E-state index contributed by atoms with van der Waals surface area (Å²) in [6.45, 7) is 0.770. The normalized spacial score (nSPS) is 13.0. The Labute approximate surface area is 115 Å². The molecule has 0 aromatic heterocycles. The van der Waals surface area contributed by atoms with Gasteiger partial charge in [0.2, 0.25) is 0 Å². The van der Waals surface area contributed by atoms with Crippen LogP contribution in [0.2, 0.25) is 5.02 Å². The summed E-state index contributed by atoms with van der Waals surface area (Å²) in [4.78, 5) is 13.4. The highest BCUT2D eigenvalue weighted by Crippen LogP contribution is 2.14. The lowest BCUT2D eigenvalue weighted by Gasteiger charge is -2.27. The summed E-state index contributed by atoms with van der Waals surface area (Å²) in [5, 5.41) is 9.38. The van der Waals surface area contributed by atoms with Crippen molar-refractivity contribution in [3.05, 3.63) is 34.9 Å². The Kier molecular flexibility index (Phi) is 6.34. The maximum absolute atomic E-state index is 12.4. The summed E-state index contributed by atoms with van der Waals surface area (Å²) in [6, 6.07) is 5.54. The van der Waals surface area contributed by atoms with Crippen molar-refractivity contribution < 1.29 is 18.7 Å². The van der Waals surface area contributed by atoms with Crippen LogP contribution in [0.5, 0.6) is 0 Å². The standard InChI is InChI=1S/C13H16ClF2NO2/c1-9(17(6-7-18)8-12(15)16)13(19)10-2-4-11(14)5-3-10/h2-5,9,12,18H,6-8H2,1H3. The van der Waals surface area contributed by atoms with Gasteiger partial charge in [-0.1, -0.05) is 11.6 Å². The van der Waals surface area contributed by atoms with Crippen LogP contribution in [0.3, 0.4) is 0 Å². The van der Waals surface area contributed by atoms with Gasteiger partial charge in [0.05, 0.1) is 19.2 Å². The Bertz CT molecular complexity index is 412. The van der Waals surface area contributed by atoms with Crippen LogP contribution in [-0.2, 0) is 0 Å². The van der Waals surface area contributed by atoms with Crippen LogP contribution in [0.4, 0.5) is 8.78 Å². The molecular formula is C13H16ClF2NO2. The average molecular weight is 292 g/mol. The third-order valence-corrected chi connectivity index (χ3v) is 3.07. The highest BCUT2D eigenvalue weighted by Gasteiger charge is 2.24. The molecule has 19 heavy (non-hydrogen) atoms. The van der Waals surface area contributed by atoms with E-state index in [2.05, 4.69) is 0 Å². The Balaban J connectivity index is 2.80. The molecule has 3 nitrogen and oxygen atoms in total. The van der Waals surface area contributed by atoms with E-state index in [0.717, 1.165) is 0 Å². The van der Waals surface area contributed by atoms with Gasteiger partial charge in [-0.15, -0.1) is 0 Å². The summed E-state index contributed by atoms with van der Waals surface area (Å²) >= 11 is 5.72. The zero-order chi connectivity index (χ0) is 14.4. The highest BCUT2D eigenvalue weighted by atomic mass is 35.5. The van der Waals surface area contributed by atoms with Gasteiger partial charge in [-0.2, -0.15) is 0 Å². The van der Waals surface area contributed by atoms with E-state index in [-0.39, 0.29) is 18.9 Å². The lowest BCUT2D eigenvalue weighted by atomic mass is 10.0. The minimum atomic E-state index is -2.55. The molecule has 0 heterocycles. The van der Waals surface area contributed by atoms with E-state index >= 15 is 0 Å². The van der Waals surface area contributed by atoms with Crippen LogP contribution in [0, 0.1) is 0 Å². The summed E-state index contributed by atoms with van der Waals surface area (Å²) in [7, 11) is 0. The first-order chi connectivity index (χ1) is 8.95. The Morgan fingerprint density at radius 3 is 2.42 bits per heavy atom. The predicted octanol–water partition coefficient (Wildman–Crippen LogP) is 2.47. The predicted molar refractivity (Wildman–Crippen MR) is 69.9 cm³/mol. The number of ketones is 1. The van der Waals surface area contributed by atoms with Crippen molar-refractivity contribution in [2.75, 3.05) is 19.7 Å². The number of hydrogen-bond donors (Lipinski definition) is 1. The van der Waals surface area contributed by atoms with Crippen molar-refractivity contribution in [3.8, 4) is 0 Å². The first kappa shape index (κ1) is 16.0. The summed E-state index contributed by atoms with van der Waals surface area (Å²) in [5.74, 6) is -0.272. The van der Waals surface area contributed by atoms with Gasteiger partial charge in [-0.25, -0.2) is 8.78 Å². The SMILES string of the molecule is CC(C(=O)c1ccc(Cl)cc1)N(CCO)CC(F)F. The fourth-order valence-corrected chi connectivity index (χ4v) is 1.90. The van der Waals surface area contributed by atoms with Crippen LogP contribution in [0.25, 0.3) is 0 Å². The van der Waals surface area contributed by atoms with Crippen molar-refractivity contribution in [1.82, 2.24) is 4.90 Å². The number of aliphatic hydroxyl groups excluding tert-OH is 1. The van der Waals surface area contributed by atoms with Gasteiger partial charge in [-0.3, -0.25) is 9.69 Å². The number of carbonyl (C=O) groups is 1. The Morgan fingerprint density at radius 1 is 1.37 bits per heavy atom. The van der Waals surface area contributed by atoms with Crippen LogP contribution >= 0.6 is 11.6 Å². The minimum Gasteiger partial charge on any atom is -0.395 e. The fourth-order valence-electron chi connectivity index (χ4n) is 1.77. The molecule has 1 aromatic carbocycles. The third-order valence-electron chi connectivity index (χ3n) is 2.82. The molecule has 0 amide bonds. The second-order valence-electron chi connectivity index (χ2n) is 4.16. The number of aliphatic hydroxyl groups is 1. The molecule has 0 aliphatic rings. The molecule has 1 unspecified atom stereocenters. The number of hydrogen-bond acceptors (Lipinski definition) is 3. The van der Waals surface area contributed by atoms with Gasteiger partial charge in [0, 0.05) is 17.1 Å². The molecule has 0 spiro atoms. The van der Waals surface area contributed by atoms with E-state index in [9.17, 15) is 13.6 Å². The minimum absolute atomic E-state index is 0.0326. The zero-order valence-electron chi connectivity index (χ0n) is 10.5. The van der Waals surface area contributed by atoms with Crippen LogP contribution in [-0.4, -0.2) is 48.0 Å². The van der Waals surface area contributed by atoms with E-state index < -0.39 is 19.0 Å². The summed E-state index contributed by atoms with van der Waals surface area (Å²) < 4.78 is 24.9. The number of halogens is 3. The van der Waals surface area contributed by atoms with Crippen molar-refractivity contribution in [2.24, 2.45) is 0 Å². The quantitative estimate of drug-likeness (QED) is 0.785. The lowest BCUT2D eigenvalue weighted by molar-refractivity contribution is 0.0515. The number of rotatable bonds is 7. The topological polar surface area (TPSA) is 40.5 Å². The van der Waals surface area contributed by atoms with Gasteiger partial charge < -0.3 is 5.11 Å². The van der Waals surface area contributed by atoms with E-state index in [4.69, 9.17) is 16.7 Å². The van der Waals surface area contributed by atoms with E-state index in [1.165, 1.54) is 4.90 Å². The number of alkyl halides is 2. The smallest absolute Gasteiger partial charge is 0.251 e. The molecule has 1 atom stereocenters. The molecule has 1 rings (SSSR count). The van der Waals surface area contributed by atoms with Crippen molar-refractivity contribution in [3.63, 3.8) is 0 Å². The zero-order valence-corrected chi connectivity index (χ0v) is 11.3. The molecule has 0 aliphatic carbocycles. The summed E-state index contributed by atoms with van der Waals surface area (Å²) in [5.41, 5.74) is 0.411. The molecule has 0 fully saturated rings. The molecule has 1 N–H and O–H groups in total. The van der Waals surface area contributed by atoms with Crippen molar-refractivity contribution in [1.29, 1.82) is 0 Å². The Morgan fingerprint density at radius 2 is 1.95 bits per heavy atom. The molecule has 0 bridgehead atoms. The molecule has 6 heteroatoms. The summed E-state index contributed by atoms with van der Waals surface area (Å²) in [6.07, 6.45) is -2.55. The molecule has 1 aromatic rings. The molecule has 0 radical (unpaired) electrons. The van der Waals surface area contributed by atoms with Crippen LogP contribution in [0.15, 0.2) is 24.3 Å². The second-order valence-corrected chi connectivity index (χ2v) is 4.59. The van der Waals surface area contributed by atoms with Gasteiger partial charge >= 0.3 is 0 Å². The van der Waals surface area contributed by atoms with E-state index in [1.54, 1.807) is 31.2 Å². The monoisotopic (exact) mass is 291 g/mol. The van der Waals surface area contributed by atoms with Gasteiger partial charge in [-0.05, 0) is 31.2 Å². The molecule has 0 aliphatic heterocycles. The molecular weight excluding hydrogens is 276 g/mol. The van der Waals surface area contributed by atoms with E-state index in [0.29, 0.717) is 10.6 Å². The average Bonchev–Trinajstić information content (AvgIpc) is 2.37. The molecule has 106 valence electrons. The van der Waals surface area contributed by atoms with Gasteiger partial charge in [0.15, 0.2) is 5.78 Å². The first-order valence-corrected chi connectivity index (χ1v) is 6.26. The van der Waals surface area contributed by atoms with Gasteiger partial charge in [0.25, 0.3) is 6.43 Å². The maximum Gasteiger partial charge on any atom is 0.251 e. The number of Topliss-reactive ketones (excluding diaryl/α,β-unsaturated/α-hetero) is 1. The van der Waals surface area contributed by atoms with Gasteiger partial charge in [0.1, 0.15) is 0 Å². The van der Waals surface area contributed by atoms with Crippen molar-refractivity contribution >= 4 is 17.4 Å². The Hall–Kier alpha value is -1.04. The van der Waals surface area contributed by atoms with Crippen molar-refractivity contribution in [2.45, 2.75) is 19.4 Å². The van der Waals surface area contributed by atoms with E-state index in [1.807, 2.05) is 0 Å². The number of benzene rings is 1. The largest absolute Gasteiger partial charge is 0.395 e. The van der Waals surface area contributed by atoms with Crippen LogP contribution < -0.4 is 0 Å². The fraction of sp³-hybridized carbons (Fsp3) is 0.462. The first-order valence-electron chi connectivity index (χ1n) is 5.88. The maximum atomic E-state index is 12.4. The number of carbonyl (C=O) groups excluding carboxylic acids is 1. The van der Waals surface area contributed by atoms with Crippen LogP contribution in [0.1, 0.15) is 17.3 Å². The second kappa shape index (κ2) is 7.53. The molecule has 0 saturated heterocycles. The number of nitrogens with zero attached hydrogens (tertiary/aromatic N) is 1. The highest BCUT2D eigenvalue weighted by molar-refractivity contribution is 6.30.